The molecule has 20 heavy (non-hydrogen) atoms. The summed E-state index contributed by atoms with van der Waals surface area (Å²) in [4.78, 5) is 3.60. The number of benzene rings is 1. The minimum Gasteiger partial charge on any atom is -0.388 e. The summed E-state index contributed by atoms with van der Waals surface area (Å²) in [6.45, 7) is 1.81. The molecule has 0 saturated carbocycles. The molecule has 1 N–H and O–H groups in total. The number of likely N-dealkylation sites (N-methyl/N-ethyl adjacent to an activating group) is 1. The SMILES string of the molecule is CN(CCc1cccs1)CCC(O)c1ccc(F)cc1. The highest BCUT2D eigenvalue weighted by Gasteiger charge is 2.09. The fraction of sp³-hybridized carbons (Fsp3) is 0.375. The van der Waals surface area contributed by atoms with E-state index in [4.69, 9.17) is 0 Å². The minimum atomic E-state index is -0.528. The predicted octanol–water partition coefficient (Wildman–Crippen LogP) is 3.49. The van der Waals surface area contributed by atoms with Gasteiger partial charge in [0.25, 0.3) is 0 Å². The molecule has 1 aromatic heterocycles. The number of thiophene rings is 1. The lowest BCUT2D eigenvalue weighted by atomic mass is 10.1. The van der Waals surface area contributed by atoms with Gasteiger partial charge in [0.2, 0.25) is 0 Å². The number of aliphatic hydroxyl groups excluding tert-OH is 1. The lowest BCUT2D eigenvalue weighted by molar-refractivity contribution is 0.149. The second kappa shape index (κ2) is 7.53. The molecule has 0 bridgehead atoms. The highest BCUT2D eigenvalue weighted by Crippen LogP contribution is 2.17. The molecule has 1 atom stereocenters. The zero-order valence-electron chi connectivity index (χ0n) is 11.6. The van der Waals surface area contributed by atoms with Crippen LogP contribution in [0.4, 0.5) is 4.39 Å². The van der Waals surface area contributed by atoms with Crippen molar-refractivity contribution in [1.82, 2.24) is 4.90 Å². The summed E-state index contributed by atoms with van der Waals surface area (Å²) >= 11 is 1.78. The molecule has 2 aromatic rings. The van der Waals surface area contributed by atoms with Gasteiger partial charge in [0, 0.05) is 18.0 Å². The molecule has 1 heterocycles. The van der Waals surface area contributed by atoms with Crippen molar-refractivity contribution in [3.63, 3.8) is 0 Å². The third-order valence-electron chi connectivity index (χ3n) is 3.36. The Bertz CT molecular complexity index is 498. The second-order valence-corrected chi connectivity index (χ2v) is 6.02. The van der Waals surface area contributed by atoms with Crippen LogP contribution in [0.2, 0.25) is 0 Å². The predicted molar refractivity (Wildman–Crippen MR) is 81.5 cm³/mol. The van der Waals surface area contributed by atoms with Crippen molar-refractivity contribution in [2.45, 2.75) is 18.9 Å². The largest absolute Gasteiger partial charge is 0.388 e. The molecule has 0 radical (unpaired) electrons. The van der Waals surface area contributed by atoms with E-state index in [2.05, 4.69) is 29.5 Å². The third kappa shape index (κ3) is 4.71. The topological polar surface area (TPSA) is 23.5 Å². The standard InChI is InChI=1S/C16H20FNOS/c1-18(10-8-15-3-2-12-20-15)11-9-16(19)13-4-6-14(17)7-5-13/h2-7,12,16,19H,8-11H2,1H3. The Morgan fingerprint density at radius 3 is 2.60 bits per heavy atom. The summed E-state index contributed by atoms with van der Waals surface area (Å²) < 4.78 is 12.8. The van der Waals surface area contributed by atoms with E-state index in [0.717, 1.165) is 25.1 Å². The van der Waals surface area contributed by atoms with Crippen molar-refractivity contribution in [3.8, 4) is 0 Å². The highest BCUT2D eigenvalue weighted by molar-refractivity contribution is 7.09. The number of hydrogen-bond acceptors (Lipinski definition) is 3. The molecule has 0 spiro atoms. The van der Waals surface area contributed by atoms with Gasteiger partial charge in [-0.2, -0.15) is 0 Å². The van der Waals surface area contributed by atoms with Gasteiger partial charge in [-0.25, -0.2) is 4.39 Å². The van der Waals surface area contributed by atoms with E-state index in [-0.39, 0.29) is 5.82 Å². The van der Waals surface area contributed by atoms with Crippen LogP contribution in [0.15, 0.2) is 41.8 Å². The molecule has 0 aliphatic carbocycles. The van der Waals surface area contributed by atoms with Crippen molar-refractivity contribution in [1.29, 1.82) is 0 Å². The molecular formula is C16H20FNOS. The molecule has 2 rings (SSSR count). The van der Waals surface area contributed by atoms with E-state index in [9.17, 15) is 9.50 Å². The number of hydrogen-bond donors (Lipinski definition) is 1. The molecular weight excluding hydrogens is 273 g/mol. The molecule has 0 saturated heterocycles. The zero-order chi connectivity index (χ0) is 14.4. The van der Waals surface area contributed by atoms with E-state index in [1.165, 1.54) is 17.0 Å². The third-order valence-corrected chi connectivity index (χ3v) is 4.30. The monoisotopic (exact) mass is 293 g/mol. The summed E-state index contributed by atoms with van der Waals surface area (Å²) in [6, 6.07) is 10.3. The summed E-state index contributed by atoms with van der Waals surface area (Å²) in [6.07, 6.45) is 1.17. The molecule has 108 valence electrons. The molecule has 4 heteroatoms. The van der Waals surface area contributed by atoms with E-state index >= 15 is 0 Å². The molecule has 0 fully saturated rings. The first-order valence-electron chi connectivity index (χ1n) is 6.79. The van der Waals surface area contributed by atoms with E-state index < -0.39 is 6.10 Å². The van der Waals surface area contributed by atoms with Gasteiger partial charge in [0.15, 0.2) is 0 Å². The lowest BCUT2D eigenvalue weighted by Gasteiger charge is -2.18. The average Bonchev–Trinajstić information content (AvgIpc) is 2.96. The van der Waals surface area contributed by atoms with Gasteiger partial charge in [-0.1, -0.05) is 18.2 Å². The van der Waals surface area contributed by atoms with Gasteiger partial charge in [-0.3, -0.25) is 0 Å². The zero-order valence-corrected chi connectivity index (χ0v) is 12.4. The Morgan fingerprint density at radius 2 is 1.95 bits per heavy atom. The van der Waals surface area contributed by atoms with Crippen molar-refractivity contribution in [2.24, 2.45) is 0 Å². The smallest absolute Gasteiger partial charge is 0.123 e. The first kappa shape index (κ1) is 15.2. The van der Waals surface area contributed by atoms with Crippen LogP contribution in [0.25, 0.3) is 0 Å². The normalized spacial score (nSPS) is 12.8. The minimum absolute atomic E-state index is 0.269. The van der Waals surface area contributed by atoms with E-state index in [1.54, 1.807) is 23.5 Å². The Balaban J connectivity index is 1.72. The van der Waals surface area contributed by atoms with Crippen molar-refractivity contribution in [3.05, 3.63) is 58.0 Å². The van der Waals surface area contributed by atoms with Crippen molar-refractivity contribution in [2.75, 3.05) is 20.1 Å². The van der Waals surface area contributed by atoms with Gasteiger partial charge >= 0.3 is 0 Å². The van der Waals surface area contributed by atoms with Crippen LogP contribution < -0.4 is 0 Å². The molecule has 0 aliphatic heterocycles. The van der Waals surface area contributed by atoms with Gasteiger partial charge in [-0.05, 0) is 49.0 Å². The Hall–Kier alpha value is -1.23. The summed E-state index contributed by atoms with van der Waals surface area (Å²) in [5, 5.41) is 12.2. The first-order chi connectivity index (χ1) is 9.65. The molecule has 0 aliphatic rings. The lowest BCUT2D eigenvalue weighted by Crippen LogP contribution is -2.23. The van der Waals surface area contributed by atoms with Gasteiger partial charge < -0.3 is 10.0 Å². The number of rotatable bonds is 7. The van der Waals surface area contributed by atoms with Crippen molar-refractivity contribution < 1.29 is 9.50 Å². The summed E-state index contributed by atoms with van der Waals surface area (Å²) in [7, 11) is 2.06. The van der Waals surface area contributed by atoms with Crippen LogP contribution in [0.3, 0.4) is 0 Å². The molecule has 2 nitrogen and oxygen atoms in total. The van der Waals surface area contributed by atoms with Gasteiger partial charge in [0.05, 0.1) is 6.10 Å². The fourth-order valence-electron chi connectivity index (χ4n) is 2.06. The van der Waals surface area contributed by atoms with Gasteiger partial charge in [-0.15, -0.1) is 11.3 Å². The fourth-order valence-corrected chi connectivity index (χ4v) is 2.76. The molecule has 1 unspecified atom stereocenters. The summed E-state index contributed by atoms with van der Waals surface area (Å²) in [5.41, 5.74) is 0.776. The molecule has 0 amide bonds. The van der Waals surface area contributed by atoms with Crippen LogP contribution in [-0.2, 0) is 6.42 Å². The van der Waals surface area contributed by atoms with Crippen LogP contribution in [0.5, 0.6) is 0 Å². The molecule has 1 aromatic carbocycles. The maximum Gasteiger partial charge on any atom is 0.123 e. The van der Waals surface area contributed by atoms with Gasteiger partial charge in [0.1, 0.15) is 5.82 Å². The number of aliphatic hydroxyl groups is 1. The highest BCUT2D eigenvalue weighted by atomic mass is 32.1. The number of halogens is 1. The van der Waals surface area contributed by atoms with Crippen LogP contribution >= 0.6 is 11.3 Å². The quantitative estimate of drug-likeness (QED) is 0.845. The number of nitrogens with zero attached hydrogens (tertiary/aromatic N) is 1. The average molecular weight is 293 g/mol. The first-order valence-corrected chi connectivity index (χ1v) is 7.67. The Morgan fingerprint density at radius 1 is 1.20 bits per heavy atom. The van der Waals surface area contributed by atoms with Crippen LogP contribution in [0, 0.1) is 5.82 Å². The maximum atomic E-state index is 12.8. The summed E-state index contributed by atoms with van der Waals surface area (Å²) in [5.74, 6) is -0.269. The Labute approximate surface area is 123 Å². The maximum absolute atomic E-state index is 12.8. The van der Waals surface area contributed by atoms with Crippen molar-refractivity contribution >= 4 is 11.3 Å². The van der Waals surface area contributed by atoms with Crippen LogP contribution in [0.1, 0.15) is 23.0 Å². The van der Waals surface area contributed by atoms with E-state index in [0.29, 0.717) is 6.42 Å². The second-order valence-electron chi connectivity index (χ2n) is 4.99. The Kier molecular flexibility index (Phi) is 5.71. The van der Waals surface area contributed by atoms with Crippen LogP contribution in [-0.4, -0.2) is 30.1 Å². The van der Waals surface area contributed by atoms with E-state index in [1.807, 2.05) is 0 Å².